The second kappa shape index (κ2) is 4.77. The van der Waals surface area contributed by atoms with Crippen LogP contribution in [0.5, 0.6) is 0 Å². The van der Waals surface area contributed by atoms with Crippen LogP contribution >= 0.6 is 0 Å². The summed E-state index contributed by atoms with van der Waals surface area (Å²) in [7, 11) is 0. The normalized spacial score (nSPS) is 23.7. The summed E-state index contributed by atoms with van der Waals surface area (Å²) in [5, 5.41) is 3.41. The van der Waals surface area contributed by atoms with Crippen molar-refractivity contribution in [2.45, 2.75) is 18.9 Å². The van der Waals surface area contributed by atoms with Crippen molar-refractivity contribution < 1.29 is 4.39 Å². The quantitative estimate of drug-likeness (QED) is 0.868. The van der Waals surface area contributed by atoms with Gasteiger partial charge in [-0.15, -0.1) is 0 Å². The van der Waals surface area contributed by atoms with Gasteiger partial charge < -0.3 is 9.88 Å². The Morgan fingerprint density at radius 1 is 1.33 bits per heavy atom. The Morgan fingerprint density at radius 2 is 2.24 bits per heavy atom. The van der Waals surface area contributed by atoms with Crippen molar-refractivity contribution in [3.63, 3.8) is 0 Å². The number of nitrogens with one attached hydrogen (secondary N) is 1. The van der Waals surface area contributed by atoms with E-state index in [2.05, 4.69) is 10.3 Å². The number of aromatic nitrogens is 2. The summed E-state index contributed by atoms with van der Waals surface area (Å²) in [6, 6.07) is 6.36. The van der Waals surface area contributed by atoms with Crippen LogP contribution in [0.15, 0.2) is 35.3 Å². The van der Waals surface area contributed by atoms with Gasteiger partial charge in [-0.3, -0.25) is 9.78 Å². The molecule has 2 aliphatic rings. The summed E-state index contributed by atoms with van der Waals surface area (Å²) < 4.78 is 15.8. The van der Waals surface area contributed by atoms with Crippen molar-refractivity contribution in [3.8, 4) is 11.3 Å². The number of halogens is 1. The SMILES string of the molecule is O=c1cc(-c2ncccc2F)cc2n1C[C@@H]1CNC[C@H]2C1. The number of hydrogen-bond donors (Lipinski definition) is 1. The molecule has 2 aromatic rings. The van der Waals surface area contributed by atoms with E-state index in [1.54, 1.807) is 12.3 Å². The first-order valence-electron chi connectivity index (χ1n) is 7.29. The Morgan fingerprint density at radius 3 is 3.10 bits per heavy atom. The fourth-order valence-corrected chi connectivity index (χ4v) is 3.54. The lowest BCUT2D eigenvalue weighted by molar-refractivity contribution is 0.257. The third-order valence-electron chi connectivity index (χ3n) is 4.49. The van der Waals surface area contributed by atoms with Crippen LogP contribution in [0.3, 0.4) is 0 Å². The molecule has 0 amide bonds. The highest BCUT2D eigenvalue weighted by molar-refractivity contribution is 5.60. The van der Waals surface area contributed by atoms with Crippen molar-refractivity contribution in [1.29, 1.82) is 0 Å². The summed E-state index contributed by atoms with van der Waals surface area (Å²) in [5.41, 5.74) is 1.78. The van der Waals surface area contributed by atoms with Gasteiger partial charge in [-0.05, 0) is 37.1 Å². The summed E-state index contributed by atoms with van der Waals surface area (Å²) in [6.07, 6.45) is 2.65. The van der Waals surface area contributed by atoms with Gasteiger partial charge in [0.25, 0.3) is 5.56 Å². The third-order valence-corrected chi connectivity index (χ3v) is 4.49. The average molecular weight is 285 g/mol. The van der Waals surface area contributed by atoms with Crippen LogP contribution in [0.2, 0.25) is 0 Å². The lowest BCUT2D eigenvalue weighted by Crippen LogP contribution is -2.44. The highest BCUT2D eigenvalue weighted by Gasteiger charge is 2.31. The van der Waals surface area contributed by atoms with Crippen molar-refractivity contribution in [1.82, 2.24) is 14.9 Å². The molecule has 0 unspecified atom stereocenters. The van der Waals surface area contributed by atoms with Gasteiger partial charge in [-0.2, -0.15) is 0 Å². The van der Waals surface area contributed by atoms with E-state index >= 15 is 0 Å². The zero-order valence-corrected chi connectivity index (χ0v) is 11.6. The fraction of sp³-hybridized carbons (Fsp3) is 0.375. The van der Waals surface area contributed by atoms with E-state index < -0.39 is 5.82 Å². The molecule has 4 rings (SSSR count). The third kappa shape index (κ3) is 2.08. The molecule has 108 valence electrons. The van der Waals surface area contributed by atoms with Crippen LogP contribution in [0.4, 0.5) is 4.39 Å². The maximum Gasteiger partial charge on any atom is 0.251 e. The molecule has 1 fully saturated rings. The summed E-state index contributed by atoms with van der Waals surface area (Å²) in [6.45, 7) is 2.60. The van der Waals surface area contributed by atoms with Crippen molar-refractivity contribution in [2.75, 3.05) is 13.1 Å². The topological polar surface area (TPSA) is 46.9 Å². The number of fused-ring (bicyclic) bond motifs is 4. The zero-order chi connectivity index (χ0) is 14.4. The fourth-order valence-electron chi connectivity index (χ4n) is 3.54. The van der Waals surface area contributed by atoms with Crippen LogP contribution in [0.1, 0.15) is 18.0 Å². The monoisotopic (exact) mass is 285 g/mol. The first kappa shape index (κ1) is 12.7. The maximum absolute atomic E-state index is 13.9. The number of hydrogen-bond acceptors (Lipinski definition) is 3. The molecule has 0 aliphatic carbocycles. The molecule has 21 heavy (non-hydrogen) atoms. The standard InChI is InChI=1S/C16H16FN3O/c17-13-2-1-3-19-16(13)11-5-14-12-4-10(7-18-8-12)9-20(14)15(21)6-11/h1-3,5-6,10,12,18H,4,7-9H2/t10-,12+/m0/s1. The van der Waals surface area contributed by atoms with E-state index in [9.17, 15) is 9.18 Å². The zero-order valence-electron chi connectivity index (χ0n) is 11.6. The molecule has 0 saturated carbocycles. The maximum atomic E-state index is 13.9. The Bertz CT molecular complexity index is 755. The predicted octanol–water partition coefficient (Wildman–Crippen LogP) is 1.76. The molecule has 0 spiro atoms. The average Bonchev–Trinajstić information content (AvgIpc) is 2.49. The molecule has 5 heteroatoms. The van der Waals surface area contributed by atoms with Crippen LogP contribution < -0.4 is 10.9 Å². The molecule has 2 aliphatic heterocycles. The van der Waals surface area contributed by atoms with Crippen molar-refractivity contribution >= 4 is 0 Å². The Balaban J connectivity index is 1.88. The molecular weight excluding hydrogens is 269 g/mol. The van der Waals surface area contributed by atoms with Gasteiger partial charge in [0.15, 0.2) is 0 Å². The minimum absolute atomic E-state index is 0.0517. The number of nitrogens with zero attached hydrogens (tertiary/aromatic N) is 2. The van der Waals surface area contributed by atoms with Gasteiger partial charge in [0.05, 0.1) is 0 Å². The Hall–Kier alpha value is -2.01. The molecule has 2 aromatic heterocycles. The summed E-state index contributed by atoms with van der Waals surface area (Å²) in [4.78, 5) is 16.5. The van der Waals surface area contributed by atoms with Crippen LogP contribution in [-0.2, 0) is 6.54 Å². The van der Waals surface area contributed by atoms with E-state index in [1.807, 2.05) is 10.6 Å². The van der Waals surface area contributed by atoms with Crippen LogP contribution in [0.25, 0.3) is 11.3 Å². The van der Waals surface area contributed by atoms with Crippen LogP contribution in [0, 0.1) is 11.7 Å². The molecule has 2 atom stereocenters. The number of rotatable bonds is 1. The predicted molar refractivity (Wildman–Crippen MR) is 77.6 cm³/mol. The van der Waals surface area contributed by atoms with Gasteiger partial charge in [-0.1, -0.05) is 0 Å². The molecule has 4 nitrogen and oxygen atoms in total. The molecular formula is C16H16FN3O. The second-order valence-corrected chi connectivity index (χ2v) is 5.91. The van der Waals surface area contributed by atoms with E-state index in [0.717, 1.165) is 31.7 Å². The van der Waals surface area contributed by atoms with Gasteiger partial charge >= 0.3 is 0 Å². The first-order chi connectivity index (χ1) is 10.2. The summed E-state index contributed by atoms with van der Waals surface area (Å²) >= 11 is 0. The lowest BCUT2D eigenvalue weighted by atomic mass is 9.83. The number of pyridine rings is 2. The smallest absolute Gasteiger partial charge is 0.251 e. The van der Waals surface area contributed by atoms with E-state index in [0.29, 0.717) is 17.4 Å². The molecule has 1 saturated heterocycles. The highest BCUT2D eigenvalue weighted by atomic mass is 19.1. The van der Waals surface area contributed by atoms with E-state index in [1.165, 1.54) is 12.1 Å². The second-order valence-electron chi connectivity index (χ2n) is 5.91. The molecule has 4 heterocycles. The van der Waals surface area contributed by atoms with Gasteiger partial charge in [0.1, 0.15) is 11.5 Å². The Kier molecular flexibility index (Phi) is 2.89. The van der Waals surface area contributed by atoms with Gasteiger partial charge in [0.2, 0.25) is 0 Å². The molecule has 0 aromatic carbocycles. The molecule has 2 bridgehead atoms. The minimum atomic E-state index is -0.391. The molecule has 0 radical (unpaired) electrons. The van der Waals surface area contributed by atoms with Crippen LogP contribution in [-0.4, -0.2) is 22.6 Å². The highest BCUT2D eigenvalue weighted by Crippen LogP contribution is 2.33. The van der Waals surface area contributed by atoms with Gasteiger partial charge in [0, 0.05) is 42.5 Å². The summed E-state index contributed by atoms with van der Waals surface area (Å²) in [5.74, 6) is 0.459. The molecule has 1 N–H and O–H groups in total. The first-order valence-corrected chi connectivity index (χ1v) is 7.29. The van der Waals surface area contributed by atoms with Crippen molar-refractivity contribution in [2.24, 2.45) is 5.92 Å². The van der Waals surface area contributed by atoms with Crippen molar-refractivity contribution in [3.05, 3.63) is 52.3 Å². The lowest BCUT2D eigenvalue weighted by Gasteiger charge is -2.37. The Labute approximate surface area is 121 Å². The minimum Gasteiger partial charge on any atom is -0.316 e. The van der Waals surface area contributed by atoms with Gasteiger partial charge in [-0.25, -0.2) is 4.39 Å². The number of piperidine rings is 1. The largest absolute Gasteiger partial charge is 0.316 e. The van der Waals surface area contributed by atoms with E-state index in [4.69, 9.17) is 0 Å². The van der Waals surface area contributed by atoms with E-state index in [-0.39, 0.29) is 11.3 Å².